The predicted molar refractivity (Wildman–Crippen MR) is 149 cm³/mol. The monoisotopic (exact) mass is 638 g/mol. The number of carbonyl (C=O) groups excluding carboxylic acids is 1. The minimum Gasteiger partial charge on any atom is -0.345 e. The van der Waals surface area contributed by atoms with E-state index in [-0.39, 0.29) is 29.0 Å². The van der Waals surface area contributed by atoms with Gasteiger partial charge in [-0.1, -0.05) is 54.1 Å². The minimum atomic E-state index is -2.50. The number of anilines is 2. The van der Waals surface area contributed by atoms with Crippen molar-refractivity contribution in [3.8, 4) is 0 Å². The van der Waals surface area contributed by atoms with Crippen LogP contribution in [0, 0.1) is 3.57 Å². The van der Waals surface area contributed by atoms with Crippen LogP contribution in [0.4, 0.5) is 11.5 Å². The number of hydrogen-bond acceptors (Lipinski definition) is 5. The smallest absolute Gasteiger partial charge is 0.268 e. The lowest BCUT2D eigenvalue weighted by atomic mass is 10.1. The molecule has 0 bridgehead atoms. The van der Waals surface area contributed by atoms with Gasteiger partial charge in [-0.3, -0.25) is 9.35 Å². The summed E-state index contributed by atoms with van der Waals surface area (Å²) in [5.74, 6) is -0.149. The number of aromatic nitrogens is 2. The fourth-order valence-corrected chi connectivity index (χ4v) is 5.32. The third-order valence-corrected chi connectivity index (χ3v) is 7.40. The highest BCUT2D eigenvalue weighted by molar-refractivity contribution is 14.1. The van der Waals surface area contributed by atoms with E-state index in [1.165, 1.54) is 0 Å². The van der Waals surface area contributed by atoms with E-state index in [4.69, 9.17) is 11.6 Å². The first-order valence-electron chi connectivity index (χ1n) is 10.5. The second-order valence-corrected chi connectivity index (χ2v) is 10.7. The Kier molecular flexibility index (Phi) is 8.50. The quantitative estimate of drug-likeness (QED) is 0.178. The molecule has 2 unspecified atom stereocenters. The van der Waals surface area contributed by atoms with Crippen molar-refractivity contribution in [1.29, 1.82) is 0 Å². The molecule has 0 radical (unpaired) electrons. The number of rotatable bonds is 8. The van der Waals surface area contributed by atoms with E-state index in [0.717, 1.165) is 30.7 Å². The van der Waals surface area contributed by atoms with E-state index in [9.17, 15) is 13.6 Å². The van der Waals surface area contributed by atoms with Crippen molar-refractivity contribution in [3.05, 3.63) is 104 Å². The van der Waals surface area contributed by atoms with Gasteiger partial charge in [-0.25, -0.2) is 8.51 Å². The summed E-state index contributed by atoms with van der Waals surface area (Å²) in [4.78, 5) is 13.3. The molecule has 11 heteroatoms. The summed E-state index contributed by atoms with van der Waals surface area (Å²) >= 11 is 6.53. The van der Waals surface area contributed by atoms with E-state index in [1.54, 1.807) is 30.3 Å². The minimum absolute atomic E-state index is 0.237. The zero-order valence-corrected chi connectivity index (χ0v) is 22.9. The average molecular weight is 639 g/mol. The number of nitrogens with zero attached hydrogens (tertiary/aromatic N) is 3. The molecule has 35 heavy (non-hydrogen) atoms. The van der Waals surface area contributed by atoms with E-state index >= 15 is 0 Å². The normalized spacial score (nSPS) is 12.7. The Bertz CT molecular complexity index is 1350. The molecule has 0 spiro atoms. The first-order valence-corrected chi connectivity index (χ1v) is 13.7. The van der Waals surface area contributed by atoms with Crippen LogP contribution in [0.3, 0.4) is 0 Å². The number of carbonyl (C=O) groups is 1. The summed E-state index contributed by atoms with van der Waals surface area (Å²) in [7, 11) is 0. The molecule has 180 valence electrons. The van der Waals surface area contributed by atoms with Crippen LogP contribution in [0.15, 0.2) is 72.8 Å². The highest BCUT2D eigenvalue weighted by Gasteiger charge is 2.28. The molecule has 1 amide bonds. The summed E-state index contributed by atoms with van der Waals surface area (Å²) in [6, 6.07) is 21.6. The van der Waals surface area contributed by atoms with Crippen molar-refractivity contribution in [2.75, 3.05) is 4.31 Å². The topological polar surface area (TPSA) is 95.4 Å². The number of halogens is 2. The Morgan fingerprint density at radius 3 is 2.54 bits per heavy atom. The second kappa shape index (κ2) is 11.6. The molecular weight excluding hydrogens is 619 g/mol. The lowest BCUT2D eigenvalue weighted by molar-refractivity contribution is 0.0940. The lowest BCUT2D eigenvalue weighted by Crippen LogP contribution is -2.30. The Labute approximate surface area is 228 Å². The zero-order chi connectivity index (χ0) is 24.9. The van der Waals surface area contributed by atoms with E-state index in [1.807, 2.05) is 49.4 Å². The van der Waals surface area contributed by atoms with Gasteiger partial charge in [0, 0.05) is 15.0 Å². The zero-order valence-electron chi connectivity index (χ0n) is 18.4. The molecule has 4 aromatic rings. The van der Waals surface area contributed by atoms with Crippen molar-refractivity contribution in [1.82, 2.24) is 14.1 Å². The van der Waals surface area contributed by atoms with Crippen LogP contribution in [0.5, 0.6) is 0 Å². The van der Waals surface area contributed by atoms with Crippen LogP contribution < -0.4 is 9.62 Å². The van der Waals surface area contributed by atoms with Crippen LogP contribution in [0.1, 0.15) is 40.1 Å². The van der Waals surface area contributed by atoms with Crippen LogP contribution in [-0.4, -0.2) is 23.4 Å². The van der Waals surface area contributed by atoms with Crippen LogP contribution >= 0.6 is 45.9 Å². The van der Waals surface area contributed by atoms with Crippen molar-refractivity contribution < 1.29 is 13.6 Å². The lowest BCUT2D eigenvalue weighted by Gasteiger charge is -2.22. The third-order valence-electron chi connectivity index (χ3n) is 5.24. The first-order chi connectivity index (χ1) is 16.8. The maximum Gasteiger partial charge on any atom is 0.268 e. The Hall–Kier alpha value is -2.38. The summed E-state index contributed by atoms with van der Waals surface area (Å²) in [5.41, 5.74) is 2.92. The van der Waals surface area contributed by atoms with Gasteiger partial charge in [0.15, 0.2) is 5.82 Å². The van der Waals surface area contributed by atoms with Crippen LogP contribution in [0.2, 0.25) is 5.02 Å². The van der Waals surface area contributed by atoms with Crippen LogP contribution in [0.25, 0.3) is 0 Å². The number of nitrogens with one attached hydrogen (secondary N) is 1. The molecule has 1 aromatic heterocycles. The molecule has 3 aromatic carbocycles. The fourth-order valence-electron chi connectivity index (χ4n) is 3.50. The van der Waals surface area contributed by atoms with Crippen LogP contribution in [-0.2, 0) is 17.7 Å². The summed E-state index contributed by atoms with van der Waals surface area (Å²) in [6.07, 6.45) is 0.430. The van der Waals surface area contributed by atoms with Gasteiger partial charge < -0.3 is 5.32 Å². The fraction of sp³-hybridized carbons (Fsp3) is 0.125. The molecule has 4 rings (SSSR count). The van der Waals surface area contributed by atoms with Gasteiger partial charge in [0.2, 0.25) is 0 Å². The predicted octanol–water partition coefficient (Wildman–Crippen LogP) is 6.15. The molecule has 0 saturated heterocycles. The van der Waals surface area contributed by atoms with Crippen molar-refractivity contribution in [3.63, 3.8) is 0 Å². The second-order valence-electron chi connectivity index (χ2n) is 7.63. The van der Waals surface area contributed by atoms with E-state index in [2.05, 4.69) is 36.7 Å². The average Bonchev–Trinajstić information content (AvgIpc) is 3.27. The summed E-state index contributed by atoms with van der Waals surface area (Å²) in [5, 5.41) is 3.57. The molecule has 0 saturated carbocycles. The third kappa shape index (κ3) is 6.25. The Morgan fingerprint density at radius 1 is 1.14 bits per heavy atom. The number of benzene rings is 3. The molecule has 7 nitrogen and oxygen atoms in total. The number of amides is 1. The van der Waals surface area contributed by atoms with Gasteiger partial charge in [-0.05, 0) is 71.0 Å². The maximum absolute atomic E-state index is 13.3. The van der Waals surface area contributed by atoms with Gasteiger partial charge in [-0.15, -0.1) is 0 Å². The molecule has 0 fully saturated rings. The molecule has 2 N–H and O–H groups in total. The van der Waals surface area contributed by atoms with Gasteiger partial charge >= 0.3 is 0 Å². The standard InChI is InChI=1S/C24H20ClIN4O3S2/c1-15(17-7-9-18(25)10-8-17)27-24(31)20-12-11-19(26)14-22(20)30(35(32)33)23-21(28-34-29-23)13-16-5-3-2-4-6-16/h2-12,14-15H,13H2,1H3,(H,27,31)(H,32,33). The molecule has 0 aliphatic rings. The van der Waals surface area contributed by atoms with Crippen molar-refractivity contribution in [2.24, 2.45) is 0 Å². The van der Waals surface area contributed by atoms with Gasteiger partial charge in [0.1, 0.15) is 5.69 Å². The number of hydrogen-bond donors (Lipinski definition) is 2. The highest BCUT2D eigenvalue weighted by atomic mass is 127. The van der Waals surface area contributed by atoms with E-state index < -0.39 is 11.3 Å². The largest absolute Gasteiger partial charge is 0.345 e. The SMILES string of the molecule is CC(NC(=O)c1ccc(I)cc1N(c1nsnc1Cc1ccccc1)S(=O)O)c1ccc(Cl)cc1. The van der Waals surface area contributed by atoms with Gasteiger partial charge in [0.05, 0.1) is 29.0 Å². The molecule has 2 atom stereocenters. The summed E-state index contributed by atoms with van der Waals surface area (Å²) in [6.45, 7) is 1.86. The maximum atomic E-state index is 13.3. The highest BCUT2D eigenvalue weighted by Crippen LogP contribution is 2.34. The summed E-state index contributed by atoms with van der Waals surface area (Å²) < 4.78 is 33.5. The molecule has 0 aliphatic heterocycles. The Balaban J connectivity index is 1.69. The van der Waals surface area contributed by atoms with Gasteiger partial charge in [-0.2, -0.15) is 8.75 Å². The molecular formula is C24H20ClIN4O3S2. The Morgan fingerprint density at radius 2 is 1.86 bits per heavy atom. The first kappa shape index (κ1) is 25.7. The molecule has 1 heterocycles. The van der Waals surface area contributed by atoms with Gasteiger partial charge in [0.25, 0.3) is 17.2 Å². The van der Waals surface area contributed by atoms with E-state index in [0.29, 0.717) is 17.1 Å². The van der Waals surface area contributed by atoms with Crippen molar-refractivity contribution >= 4 is 74.6 Å². The molecule has 0 aliphatic carbocycles. The van der Waals surface area contributed by atoms with Crippen molar-refractivity contribution in [2.45, 2.75) is 19.4 Å².